The minimum Gasteiger partial charge on any atom is -0.349 e. The maximum Gasteiger partial charge on any atom is 0.228 e. The van der Waals surface area contributed by atoms with Crippen LogP contribution in [0.25, 0.3) is 10.6 Å². The van der Waals surface area contributed by atoms with E-state index in [0.29, 0.717) is 9.47 Å². The quantitative estimate of drug-likeness (QED) is 0.622. The van der Waals surface area contributed by atoms with Crippen molar-refractivity contribution < 1.29 is 9.59 Å². The number of carbonyl (C=O) groups excluding carboxylic acids is 2. The highest BCUT2D eigenvalue weighted by Crippen LogP contribution is 2.33. The van der Waals surface area contributed by atoms with Crippen LogP contribution in [0.2, 0.25) is 4.34 Å². The van der Waals surface area contributed by atoms with Gasteiger partial charge < -0.3 is 10.6 Å². The highest BCUT2D eigenvalue weighted by atomic mass is 35.5. The largest absolute Gasteiger partial charge is 0.349 e. The summed E-state index contributed by atoms with van der Waals surface area (Å²) in [5.41, 5.74) is 1.66. The highest BCUT2D eigenvalue weighted by Gasteiger charge is 2.18. The standard InChI is InChI=1S/C18H16ClN3O2S2/c1-11(23)20-13(12-5-3-2-4-6-12)9-17(24)22-18-21-14(10-25-18)15-7-8-16(19)26-15/h2-8,10,13H,9H2,1H3,(H,20,23)(H,21,22,24)/t13-/m0/s1. The van der Waals surface area contributed by atoms with Crippen molar-refractivity contribution in [2.75, 3.05) is 5.32 Å². The third kappa shape index (κ3) is 4.91. The van der Waals surface area contributed by atoms with Crippen LogP contribution in [0, 0.1) is 0 Å². The highest BCUT2D eigenvalue weighted by molar-refractivity contribution is 7.20. The molecule has 0 saturated heterocycles. The summed E-state index contributed by atoms with van der Waals surface area (Å²) in [6.07, 6.45) is 0.128. The number of hydrogen-bond donors (Lipinski definition) is 2. The first-order valence-corrected chi connectivity index (χ1v) is 9.92. The Hall–Kier alpha value is -2.22. The topological polar surface area (TPSA) is 71.1 Å². The van der Waals surface area contributed by atoms with Crippen molar-refractivity contribution in [3.8, 4) is 10.6 Å². The van der Waals surface area contributed by atoms with Crippen LogP contribution >= 0.6 is 34.3 Å². The Bertz CT molecular complexity index is 908. The fraction of sp³-hybridized carbons (Fsp3) is 0.167. The molecule has 2 N–H and O–H groups in total. The average molecular weight is 406 g/mol. The zero-order valence-corrected chi connectivity index (χ0v) is 16.3. The van der Waals surface area contributed by atoms with Gasteiger partial charge in [-0.15, -0.1) is 22.7 Å². The summed E-state index contributed by atoms with van der Waals surface area (Å²) in [4.78, 5) is 29.3. The number of nitrogens with one attached hydrogen (secondary N) is 2. The van der Waals surface area contributed by atoms with Crippen molar-refractivity contribution in [1.29, 1.82) is 0 Å². The molecule has 0 radical (unpaired) electrons. The minimum atomic E-state index is -0.385. The minimum absolute atomic E-state index is 0.128. The fourth-order valence-electron chi connectivity index (χ4n) is 2.43. The van der Waals surface area contributed by atoms with E-state index in [2.05, 4.69) is 15.6 Å². The second kappa shape index (κ2) is 8.44. The first-order chi connectivity index (χ1) is 12.5. The van der Waals surface area contributed by atoms with E-state index in [4.69, 9.17) is 11.6 Å². The molecular weight excluding hydrogens is 390 g/mol. The number of carbonyl (C=O) groups is 2. The zero-order valence-electron chi connectivity index (χ0n) is 13.9. The molecule has 26 heavy (non-hydrogen) atoms. The van der Waals surface area contributed by atoms with Gasteiger partial charge in [-0.2, -0.15) is 0 Å². The van der Waals surface area contributed by atoms with Crippen molar-refractivity contribution in [3.63, 3.8) is 0 Å². The number of anilines is 1. The van der Waals surface area contributed by atoms with Crippen LogP contribution in [-0.2, 0) is 9.59 Å². The van der Waals surface area contributed by atoms with Gasteiger partial charge in [0.25, 0.3) is 0 Å². The van der Waals surface area contributed by atoms with Gasteiger partial charge in [0.2, 0.25) is 11.8 Å². The Kier molecular flexibility index (Phi) is 6.03. The van der Waals surface area contributed by atoms with E-state index in [1.54, 1.807) is 0 Å². The predicted octanol–water partition coefficient (Wildman–Crippen LogP) is 4.73. The summed E-state index contributed by atoms with van der Waals surface area (Å²) < 4.78 is 0.694. The number of rotatable bonds is 6. The summed E-state index contributed by atoms with van der Waals surface area (Å²) >= 11 is 8.74. The van der Waals surface area contributed by atoms with Gasteiger partial charge in [-0.05, 0) is 17.7 Å². The summed E-state index contributed by atoms with van der Waals surface area (Å²) in [6, 6.07) is 12.7. The van der Waals surface area contributed by atoms with E-state index >= 15 is 0 Å². The van der Waals surface area contributed by atoms with Crippen molar-refractivity contribution in [2.45, 2.75) is 19.4 Å². The van der Waals surface area contributed by atoms with E-state index in [0.717, 1.165) is 16.1 Å². The fourth-order valence-corrected chi connectivity index (χ4v) is 4.24. The van der Waals surface area contributed by atoms with Gasteiger partial charge in [0.15, 0.2) is 5.13 Å². The summed E-state index contributed by atoms with van der Waals surface area (Å²) in [6.45, 7) is 1.44. The third-order valence-electron chi connectivity index (χ3n) is 3.55. The lowest BCUT2D eigenvalue weighted by molar-refractivity contribution is -0.120. The molecule has 134 valence electrons. The van der Waals surface area contributed by atoms with Crippen LogP contribution in [-0.4, -0.2) is 16.8 Å². The van der Waals surface area contributed by atoms with Gasteiger partial charge in [-0.1, -0.05) is 41.9 Å². The van der Waals surface area contributed by atoms with Gasteiger partial charge >= 0.3 is 0 Å². The van der Waals surface area contributed by atoms with E-state index in [-0.39, 0.29) is 24.3 Å². The Morgan fingerprint density at radius 2 is 1.96 bits per heavy atom. The maximum absolute atomic E-state index is 12.4. The molecule has 0 aliphatic carbocycles. The average Bonchev–Trinajstić information content (AvgIpc) is 3.23. The summed E-state index contributed by atoms with van der Waals surface area (Å²) in [5.74, 6) is -0.393. The Balaban J connectivity index is 1.67. The molecule has 0 aliphatic rings. The number of benzene rings is 1. The Morgan fingerprint density at radius 1 is 1.19 bits per heavy atom. The molecule has 8 heteroatoms. The van der Waals surface area contributed by atoms with E-state index < -0.39 is 0 Å². The number of thiophene rings is 1. The zero-order chi connectivity index (χ0) is 18.5. The molecule has 1 atom stereocenters. The van der Waals surface area contributed by atoms with Crippen LogP contribution in [0.3, 0.4) is 0 Å². The molecular formula is C18H16ClN3O2S2. The molecule has 3 aromatic rings. The molecule has 2 heterocycles. The van der Waals surface area contributed by atoms with Crippen molar-refractivity contribution in [1.82, 2.24) is 10.3 Å². The van der Waals surface area contributed by atoms with Gasteiger partial charge in [-0.25, -0.2) is 4.98 Å². The van der Waals surface area contributed by atoms with Crippen LogP contribution in [0.4, 0.5) is 5.13 Å². The number of hydrogen-bond acceptors (Lipinski definition) is 5. The summed E-state index contributed by atoms with van der Waals surface area (Å²) in [5, 5.41) is 8.01. The smallest absolute Gasteiger partial charge is 0.228 e. The van der Waals surface area contributed by atoms with Crippen molar-refractivity contribution >= 4 is 51.2 Å². The number of nitrogens with zero attached hydrogens (tertiary/aromatic N) is 1. The molecule has 5 nitrogen and oxygen atoms in total. The van der Waals surface area contributed by atoms with Crippen LogP contribution in [0.15, 0.2) is 47.8 Å². The van der Waals surface area contributed by atoms with Crippen LogP contribution in [0.5, 0.6) is 0 Å². The van der Waals surface area contributed by atoms with Gasteiger partial charge in [0.1, 0.15) is 0 Å². The van der Waals surface area contributed by atoms with Crippen LogP contribution < -0.4 is 10.6 Å². The maximum atomic E-state index is 12.4. The molecule has 0 aliphatic heterocycles. The van der Waals surface area contributed by atoms with E-state index in [9.17, 15) is 9.59 Å². The first-order valence-electron chi connectivity index (χ1n) is 7.84. The normalized spacial score (nSPS) is 11.8. The lowest BCUT2D eigenvalue weighted by atomic mass is 10.0. The van der Waals surface area contributed by atoms with Crippen LogP contribution in [0.1, 0.15) is 24.9 Å². The number of halogens is 1. The second-order valence-electron chi connectivity index (χ2n) is 5.56. The molecule has 2 amide bonds. The molecule has 0 bridgehead atoms. The van der Waals surface area contributed by atoms with E-state index in [1.807, 2.05) is 47.8 Å². The number of amides is 2. The Morgan fingerprint density at radius 3 is 2.62 bits per heavy atom. The van der Waals surface area contributed by atoms with Gasteiger partial charge in [0.05, 0.1) is 27.4 Å². The SMILES string of the molecule is CC(=O)N[C@@H](CC(=O)Nc1nc(-c2ccc(Cl)s2)cs1)c1ccccc1. The molecule has 0 spiro atoms. The van der Waals surface area contributed by atoms with Gasteiger partial charge in [0, 0.05) is 12.3 Å². The van der Waals surface area contributed by atoms with Crippen molar-refractivity contribution in [3.05, 3.63) is 57.7 Å². The first kappa shape index (κ1) is 18.6. The number of aromatic nitrogens is 1. The monoisotopic (exact) mass is 405 g/mol. The number of thiazole rings is 1. The molecule has 1 aromatic carbocycles. The second-order valence-corrected chi connectivity index (χ2v) is 8.13. The molecule has 0 fully saturated rings. The molecule has 0 unspecified atom stereocenters. The molecule has 0 saturated carbocycles. The summed E-state index contributed by atoms with van der Waals surface area (Å²) in [7, 11) is 0. The van der Waals surface area contributed by atoms with E-state index in [1.165, 1.54) is 29.6 Å². The predicted molar refractivity (Wildman–Crippen MR) is 107 cm³/mol. The Labute approximate surface area is 164 Å². The third-order valence-corrected chi connectivity index (χ3v) is 5.56. The van der Waals surface area contributed by atoms with Crippen molar-refractivity contribution in [2.24, 2.45) is 0 Å². The lowest BCUT2D eigenvalue weighted by Crippen LogP contribution is -2.29. The molecule has 2 aromatic heterocycles. The van der Waals surface area contributed by atoms with Gasteiger partial charge in [-0.3, -0.25) is 9.59 Å². The lowest BCUT2D eigenvalue weighted by Gasteiger charge is -2.17. The molecule has 3 rings (SSSR count).